The van der Waals surface area contributed by atoms with Crippen molar-refractivity contribution in [2.45, 2.75) is 6.42 Å². The number of anilines is 1. The van der Waals surface area contributed by atoms with Crippen molar-refractivity contribution in [1.29, 1.82) is 0 Å². The molecular weight excluding hydrogens is 356 g/mol. The van der Waals surface area contributed by atoms with Gasteiger partial charge in [-0.1, -0.05) is 30.3 Å². The largest absolute Gasteiger partial charge is 0.494 e. The second-order valence-corrected chi connectivity index (χ2v) is 6.41. The lowest BCUT2D eigenvalue weighted by molar-refractivity contribution is -0.119. The van der Waals surface area contributed by atoms with Crippen LogP contribution in [0, 0.1) is 0 Å². The summed E-state index contributed by atoms with van der Waals surface area (Å²) in [5, 5.41) is 9.91. The summed E-state index contributed by atoms with van der Waals surface area (Å²) in [6.07, 6.45) is 3.16. The number of aromatic nitrogens is 1. The Labute approximate surface area is 160 Å². The highest BCUT2D eigenvalue weighted by Crippen LogP contribution is 2.21. The SMILES string of the molecule is O=C1C=CC(=O)N1c1ccc(Cc2ccc(-n3c(O)cccc3=O)cc2)cc1. The first-order chi connectivity index (χ1) is 13.5. The van der Waals surface area contributed by atoms with Crippen LogP contribution < -0.4 is 10.5 Å². The zero-order valence-electron chi connectivity index (χ0n) is 14.8. The lowest BCUT2D eigenvalue weighted by atomic mass is 10.0. The number of benzene rings is 2. The molecule has 0 radical (unpaired) electrons. The molecule has 0 saturated carbocycles. The summed E-state index contributed by atoms with van der Waals surface area (Å²) >= 11 is 0. The molecule has 28 heavy (non-hydrogen) atoms. The topological polar surface area (TPSA) is 79.6 Å². The van der Waals surface area contributed by atoms with E-state index in [1.54, 1.807) is 24.3 Å². The molecule has 138 valence electrons. The first kappa shape index (κ1) is 17.5. The molecule has 0 unspecified atom stereocenters. The Hall–Kier alpha value is -3.93. The van der Waals surface area contributed by atoms with Gasteiger partial charge >= 0.3 is 0 Å². The number of imide groups is 1. The number of nitrogens with zero attached hydrogens (tertiary/aromatic N) is 2. The highest BCUT2D eigenvalue weighted by Gasteiger charge is 2.24. The number of carbonyl (C=O) groups is 2. The number of amides is 2. The van der Waals surface area contributed by atoms with Crippen molar-refractivity contribution in [1.82, 2.24) is 4.57 Å². The monoisotopic (exact) mass is 372 g/mol. The lowest BCUT2D eigenvalue weighted by Crippen LogP contribution is -2.29. The molecule has 1 N–H and O–H groups in total. The van der Waals surface area contributed by atoms with Gasteiger partial charge in [0.15, 0.2) is 5.88 Å². The van der Waals surface area contributed by atoms with Gasteiger partial charge in [-0.2, -0.15) is 0 Å². The molecule has 6 heteroatoms. The van der Waals surface area contributed by atoms with E-state index < -0.39 is 0 Å². The Balaban J connectivity index is 1.51. The molecule has 0 bridgehead atoms. The predicted molar refractivity (Wildman–Crippen MR) is 105 cm³/mol. The maximum atomic E-state index is 12.0. The van der Waals surface area contributed by atoms with Gasteiger partial charge < -0.3 is 5.11 Å². The number of pyridine rings is 1. The van der Waals surface area contributed by atoms with Crippen LogP contribution in [0.2, 0.25) is 0 Å². The van der Waals surface area contributed by atoms with Crippen molar-refractivity contribution in [3.63, 3.8) is 0 Å². The third-order valence-corrected chi connectivity index (χ3v) is 4.54. The Bertz CT molecular complexity index is 1120. The van der Waals surface area contributed by atoms with Crippen LogP contribution in [0.25, 0.3) is 5.69 Å². The van der Waals surface area contributed by atoms with Crippen LogP contribution in [-0.2, 0) is 16.0 Å². The number of carbonyl (C=O) groups excluding carboxylic acids is 2. The van der Waals surface area contributed by atoms with Gasteiger partial charge in [-0.3, -0.25) is 14.4 Å². The molecule has 2 aromatic carbocycles. The number of hydrogen-bond acceptors (Lipinski definition) is 4. The van der Waals surface area contributed by atoms with Crippen molar-refractivity contribution >= 4 is 17.5 Å². The summed E-state index contributed by atoms with van der Waals surface area (Å²) in [5.74, 6) is -0.795. The van der Waals surface area contributed by atoms with Crippen LogP contribution in [0.1, 0.15) is 11.1 Å². The standard InChI is InChI=1S/C22H16N2O4/c25-19-2-1-3-20(26)23(19)17-8-4-15(5-9-17)14-16-6-10-18(11-7-16)24-21(27)12-13-22(24)28/h1-13,25H,14H2. The molecule has 0 aliphatic carbocycles. The second kappa shape index (κ2) is 7.00. The van der Waals surface area contributed by atoms with Crippen LogP contribution in [0.15, 0.2) is 83.7 Å². The summed E-state index contributed by atoms with van der Waals surface area (Å²) in [5.41, 5.74) is 2.86. The van der Waals surface area contributed by atoms with E-state index in [0.717, 1.165) is 16.0 Å². The zero-order chi connectivity index (χ0) is 19.7. The summed E-state index contributed by atoms with van der Waals surface area (Å²) in [4.78, 5) is 36.5. The van der Waals surface area contributed by atoms with Crippen molar-refractivity contribution in [3.05, 3.63) is 100 Å². The minimum atomic E-state index is -0.340. The number of rotatable bonds is 4. The molecule has 3 aromatic rings. The molecule has 0 fully saturated rings. The Kier molecular flexibility index (Phi) is 4.37. The van der Waals surface area contributed by atoms with E-state index in [2.05, 4.69) is 0 Å². The van der Waals surface area contributed by atoms with Gasteiger partial charge in [0.1, 0.15) is 0 Å². The smallest absolute Gasteiger partial charge is 0.258 e. The van der Waals surface area contributed by atoms with Crippen LogP contribution in [0.5, 0.6) is 5.88 Å². The predicted octanol–water partition coefficient (Wildman–Crippen LogP) is 2.56. The molecule has 2 amide bonds. The summed E-state index contributed by atoms with van der Waals surface area (Å²) < 4.78 is 1.23. The van der Waals surface area contributed by atoms with Crippen LogP contribution in [-0.4, -0.2) is 21.5 Å². The van der Waals surface area contributed by atoms with Gasteiger partial charge in [0.2, 0.25) is 0 Å². The number of aromatic hydroxyl groups is 1. The quantitative estimate of drug-likeness (QED) is 0.714. The first-order valence-corrected chi connectivity index (χ1v) is 8.68. The summed E-state index contributed by atoms with van der Waals surface area (Å²) in [7, 11) is 0. The molecular formula is C22H16N2O4. The average Bonchev–Trinajstić information content (AvgIpc) is 3.02. The molecule has 0 saturated heterocycles. The van der Waals surface area contributed by atoms with E-state index in [-0.39, 0.29) is 23.3 Å². The van der Waals surface area contributed by atoms with Gasteiger partial charge in [0.25, 0.3) is 17.4 Å². The van der Waals surface area contributed by atoms with E-state index in [4.69, 9.17) is 0 Å². The maximum Gasteiger partial charge on any atom is 0.258 e. The molecule has 1 aliphatic heterocycles. The van der Waals surface area contributed by atoms with Crippen molar-refractivity contribution in [2.24, 2.45) is 0 Å². The Morgan fingerprint density at radius 2 is 1.21 bits per heavy atom. The molecule has 0 spiro atoms. The highest BCUT2D eigenvalue weighted by molar-refractivity contribution is 6.28. The fraction of sp³-hybridized carbons (Fsp3) is 0.0455. The molecule has 1 aliphatic rings. The van der Waals surface area contributed by atoms with Gasteiger partial charge in [0, 0.05) is 18.2 Å². The van der Waals surface area contributed by atoms with Crippen LogP contribution in [0.4, 0.5) is 5.69 Å². The maximum absolute atomic E-state index is 12.0. The zero-order valence-corrected chi connectivity index (χ0v) is 14.8. The molecule has 0 atom stereocenters. The van der Waals surface area contributed by atoms with Crippen LogP contribution >= 0.6 is 0 Å². The Morgan fingerprint density at radius 1 is 0.679 bits per heavy atom. The van der Waals surface area contributed by atoms with E-state index in [1.165, 1.54) is 34.9 Å². The van der Waals surface area contributed by atoms with E-state index in [0.29, 0.717) is 17.8 Å². The van der Waals surface area contributed by atoms with Gasteiger partial charge in [-0.15, -0.1) is 0 Å². The van der Waals surface area contributed by atoms with Gasteiger partial charge in [-0.05, 0) is 47.9 Å². The minimum Gasteiger partial charge on any atom is -0.494 e. The summed E-state index contributed by atoms with van der Waals surface area (Å²) in [6.45, 7) is 0. The van der Waals surface area contributed by atoms with Crippen molar-refractivity contribution in [2.75, 3.05) is 4.90 Å². The normalized spacial score (nSPS) is 13.4. The van der Waals surface area contributed by atoms with Crippen LogP contribution in [0.3, 0.4) is 0 Å². The molecule has 2 heterocycles. The lowest BCUT2D eigenvalue weighted by Gasteiger charge is -2.14. The van der Waals surface area contributed by atoms with Crippen molar-refractivity contribution < 1.29 is 14.7 Å². The van der Waals surface area contributed by atoms with E-state index in [1.807, 2.05) is 24.3 Å². The fourth-order valence-corrected chi connectivity index (χ4v) is 3.15. The highest BCUT2D eigenvalue weighted by atomic mass is 16.3. The minimum absolute atomic E-state index is 0.115. The fourth-order valence-electron chi connectivity index (χ4n) is 3.15. The van der Waals surface area contributed by atoms with E-state index in [9.17, 15) is 19.5 Å². The van der Waals surface area contributed by atoms with Gasteiger partial charge in [-0.25, -0.2) is 9.47 Å². The third kappa shape index (κ3) is 3.23. The average molecular weight is 372 g/mol. The van der Waals surface area contributed by atoms with E-state index >= 15 is 0 Å². The third-order valence-electron chi connectivity index (χ3n) is 4.54. The van der Waals surface area contributed by atoms with Crippen molar-refractivity contribution in [3.8, 4) is 11.6 Å². The molecule has 4 rings (SSSR count). The Morgan fingerprint density at radius 3 is 1.75 bits per heavy atom. The second-order valence-electron chi connectivity index (χ2n) is 6.41. The number of hydrogen-bond donors (Lipinski definition) is 1. The molecule has 1 aromatic heterocycles. The first-order valence-electron chi connectivity index (χ1n) is 8.68. The molecule has 6 nitrogen and oxygen atoms in total. The summed E-state index contributed by atoms with van der Waals surface area (Å²) in [6, 6.07) is 18.9. The van der Waals surface area contributed by atoms with Gasteiger partial charge in [0.05, 0.1) is 11.4 Å².